The Kier molecular flexibility index (Phi) is 8.75. The molecule has 0 bridgehead atoms. The number of hydrogen-bond donors (Lipinski definition) is 0. The summed E-state index contributed by atoms with van der Waals surface area (Å²) in [5.41, 5.74) is 2.47. The Hall–Kier alpha value is -2.30. The highest BCUT2D eigenvalue weighted by molar-refractivity contribution is 6.01. The highest BCUT2D eigenvalue weighted by Crippen LogP contribution is 2.43. The van der Waals surface area contributed by atoms with E-state index in [1.54, 1.807) is 6.07 Å². The van der Waals surface area contributed by atoms with Crippen molar-refractivity contribution in [1.82, 2.24) is 0 Å². The number of rotatable bonds is 11. The zero-order chi connectivity index (χ0) is 18.8. The van der Waals surface area contributed by atoms with Gasteiger partial charge >= 0.3 is 0 Å². The van der Waals surface area contributed by atoms with Gasteiger partial charge in [-0.2, -0.15) is 0 Å². The van der Waals surface area contributed by atoms with Crippen LogP contribution >= 0.6 is 0 Å². The van der Waals surface area contributed by atoms with E-state index in [1.165, 1.54) is 26.9 Å². The van der Waals surface area contributed by atoms with Crippen molar-refractivity contribution in [3.05, 3.63) is 28.8 Å². The molecule has 0 N–H and O–H groups in total. The monoisotopic (exact) mass is 348 g/mol. The van der Waals surface area contributed by atoms with Gasteiger partial charge in [-0.3, -0.25) is 4.79 Å². The summed E-state index contributed by atoms with van der Waals surface area (Å²) in [6, 6.07) is 1.76. The summed E-state index contributed by atoms with van der Waals surface area (Å²) < 4.78 is 16.2. The summed E-state index contributed by atoms with van der Waals surface area (Å²) in [4.78, 5) is 23.6. The lowest BCUT2D eigenvalue weighted by molar-refractivity contribution is -0.107. The van der Waals surface area contributed by atoms with Crippen LogP contribution in [0.1, 0.15) is 55.5 Å². The SMILES string of the molecule is COc1cc(CCC=O)c(C(=O)CCCC=C(C)C)c(OC)c1OC. The molecule has 0 saturated carbocycles. The Bertz CT molecular complexity index is 627. The van der Waals surface area contributed by atoms with E-state index in [2.05, 4.69) is 6.08 Å². The molecule has 0 aromatic heterocycles. The third-order valence-electron chi connectivity index (χ3n) is 3.88. The molecule has 0 saturated heterocycles. The average Bonchev–Trinajstić information content (AvgIpc) is 2.61. The maximum atomic E-state index is 12.8. The van der Waals surface area contributed by atoms with E-state index in [1.807, 2.05) is 13.8 Å². The van der Waals surface area contributed by atoms with Crippen LogP contribution in [0.15, 0.2) is 17.7 Å². The van der Waals surface area contributed by atoms with E-state index in [-0.39, 0.29) is 5.78 Å². The smallest absolute Gasteiger partial charge is 0.204 e. The molecule has 5 nitrogen and oxygen atoms in total. The van der Waals surface area contributed by atoms with Crippen molar-refractivity contribution in [2.75, 3.05) is 21.3 Å². The highest BCUT2D eigenvalue weighted by atomic mass is 16.5. The molecule has 0 spiro atoms. The Morgan fingerprint density at radius 2 is 1.72 bits per heavy atom. The topological polar surface area (TPSA) is 61.8 Å². The molecule has 138 valence electrons. The zero-order valence-corrected chi connectivity index (χ0v) is 15.8. The normalized spacial score (nSPS) is 10.1. The van der Waals surface area contributed by atoms with Crippen molar-refractivity contribution in [3.8, 4) is 17.2 Å². The minimum absolute atomic E-state index is 0.0131. The maximum absolute atomic E-state index is 12.8. The number of ether oxygens (including phenoxy) is 3. The first-order valence-electron chi connectivity index (χ1n) is 8.42. The van der Waals surface area contributed by atoms with Crippen LogP contribution in [-0.2, 0) is 11.2 Å². The molecular weight excluding hydrogens is 320 g/mol. The van der Waals surface area contributed by atoms with Gasteiger partial charge < -0.3 is 19.0 Å². The fourth-order valence-corrected chi connectivity index (χ4v) is 2.70. The third kappa shape index (κ3) is 5.62. The Morgan fingerprint density at radius 1 is 1.04 bits per heavy atom. The summed E-state index contributed by atoms with van der Waals surface area (Å²) in [6.07, 6.45) is 5.76. The van der Waals surface area contributed by atoms with Gasteiger partial charge in [-0.05, 0) is 44.7 Å². The van der Waals surface area contributed by atoms with Gasteiger partial charge in [0.15, 0.2) is 17.3 Å². The molecule has 0 atom stereocenters. The number of aldehydes is 1. The number of ketones is 1. The number of Topliss-reactive ketones (excluding diaryl/α,β-unsaturated/α-hetero) is 1. The van der Waals surface area contributed by atoms with Crippen molar-refractivity contribution in [3.63, 3.8) is 0 Å². The van der Waals surface area contributed by atoms with Crippen LogP contribution in [0.4, 0.5) is 0 Å². The second-order valence-corrected chi connectivity index (χ2v) is 5.98. The van der Waals surface area contributed by atoms with Crippen LogP contribution in [0.2, 0.25) is 0 Å². The van der Waals surface area contributed by atoms with Gasteiger partial charge in [0.2, 0.25) is 5.75 Å². The lowest BCUT2D eigenvalue weighted by Crippen LogP contribution is -2.09. The van der Waals surface area contributed by atoms with Gasteiger partial charge in [-0.15, -0.1) is 0 Å². The Morgan fingerprint density at radius 3 is 2.24 bits per heavy atom. The molecule has 0 aliphatic heterocycles. The molecule has 1 aromatic rings. The molecule has 0 unspecified atom stereocenters. The first-order valence-corrected chi connectivity index (χ1v) is 8.42. The zero-order valence-electron chi connectivity index (χ0n) is 15.8. The van der Waals surface area contributed by atoms with Gasteiger partial charge in [-0.1, -0.05) is 11.6 Å². The summed E-state index contributed by atoms with van der Waals surface area (Å²) in [5.74, 6) is 1.24. The minimum atomic E-state index is -0.0131. The average molecular weight is 348 g/mol. The highest BCUT2D eigenvalue weighted by Gasteiger charge is 2.24. The minimum Gasteiger partial charge on any atom is -0.493 e. The molecule has 0 heterocycles. The second kappa shape index (κ2) is 10.5. The molecule has 5 heteroatoms. The van der Waals surface area contributed by atoms with Crippen LogP contribution in [-0.4, -0.2) is 33.4 Å². The Balaban J connectivity index is 3.25. The number of carbonyl (C=O) groups excluding carboxylic acids is 2. The van der Waals surface area contributed by atoms with Crippen LogP contribution in [0.25, 0.3) is 0 Å². The van der Waals surface area contributed by atoms with Crippen LogP contribution in [0.3, 0.4) is 0 Å². The molecular formula is C20H28O5. The van der Waals surface area contributed by atoms with Crippen molar-refractivity contribution in [2.24, 2.45) is 0 Å². The van der Waals surface area contributed by atoms with Crippen molar-refractivity contribution in [1.29, 1.82) is 0 Å². The predicted molar refractivity (Wildman–Crippen MR) is 98.1 cm³/mol. The molecule has 0 aliphatic rings. The van der Waals surface area contributed by atoms with Crippen LogP contribution in [0, 0.1) is 0 Å². The summed E-state index contributed by atoms with van der Waals surface area (Å²) in [5, 5.41) is 0. The molecule has 1 rings (SSSR count). The molecule has 0 aliphatic carbocycles. The van der Waals surface area contributed by atoms with E-state index in [4.69, 9.17) is 14.2 Å². The van der Waals surface area contributed by atoms with E-state index in [0.29, 0.717) is 42.1 Å². The first-order chi connectivity index (χ1) is 12.0. The van der Waals surface area contributed by atoms with E-state index < -0.39 is 0 Å². The van der Waals surface area contributed by atoms with Crippen LogP contribution < -0.4 is 14.2 Å². The largest absolute Gasteiger partial charge is 0.493 e. The van der Waals surface area contributed by atoms with Gasteiger partial charge in [0.05, 0.1) is 26.9 Å². The number of hydrogen-bond acceptors (Lipinski definition) is 5. The first kappa shape index (κ1) is 20.7. The molecule has 0 fully saturated rings. The van der Waals surface area contributed by atoms with Crippen molar-refractivity contribution < 1.29 is 23.8 Å². The lowest BCUT2D eigenvalue weighted by atomic mass is 9.94. The van der Waals surface area contributed by atoms with Gasteiger partial charge in [-0.25, -0.2) is 0 Å². The number of allylic oxidation sites excluding steroid dienone is 2. The molecule has 0 radical (unpaired) electrons. The fraction of sp³-hybridized carbons (Fsp3) is 0.500. The number of benzene rings is 1. The fourth-order valence-electron chi connectivity index (χ4n) is 2.70. The quantitative estimate of drug-likeness (QED) is 0.260. The van der Waals surface area contributed by atoms with E-state index in [0.717, 1.165) is 24.7 Å². The Labute approximate surface area is 150 Å². The summed E-state index contributed by atoms with van der Waals surface area (Å²) in [6.45, 7) is 4.08. The summed E-state index contributed by atoms with van der Waals surface area (Å²) >= 11 is 0. The number of unbranched alkanes of at least 4 members (excludes halogenated alkanes) is 1. The standard InChI is InChI=1S/C20H28O5/c1-14(2)9-6-7-11-16(22)18-15(10-8-12-21)13-17(23-3)19(24-4)20(18)25-5/h9,12-13H,6-8,10-11H2,1-5H3. The maximum Gasteiger partial charge on any atom is 0.204 e. The van der Waals surface area contributed by atoms with Crippen LogP contribution in [0.5, 0.6) is 17.2 Å². The molecule has 0 amide bonds. The van der Waals surface area contributed by atoms with Gasteiger partial charge in [0, 0.05) is 12.8 Å². The number of carbonyl (C=O) groups is 2. The third-order valence-corrected chi connectivity index (χ3v) is 3.88. The molecule has 25 heavy (non-hydrogen) atoms. The van der Waals surface area contributed by atoms with Gasteiger partial charge in [0.25, 0.3) is 0 Å². The predicted octanol–water partition coefficient (Wildman–Crippen LogP) is 4.16. The van der Waals surface area contributed by atoms with Crippen molar-refractivity contribution in [2.45, 2.75) is 46.0 Å². The lowest BCUT2D eigenvalue weighted by Gasteiger charge is -2.18. The van der Waals surface area contributed by atoms with Gasteiger partial charge in [0.1, 0.15) is 6.29 Å². The second-order valence-electron chi connectivity index (χ2n) is 5.98. The van der Waals surface area contributed by atoms with Crippen molar-refractivity contribution >= 4 is 12.1 Å². The number of methoxy groups -OCH3 is 3. The summed E-state index contributed by atoms with van der Waals surface area (Å²) in [7, 11) is 4.54. The van der Waals surface area contributed by atoms with E-state index >= 15 is 0 Å². The molecule has 1 aromatic carbocycles. The van der Waals surface area contributed by atoms with E-state index in [9.17, 15) is 9.59 Å². The number of aryl methyl sites for hydroxylation is 1.